The summed E-state index contributed by atoms with van der Waals surface area (Å²) in [5.74, 6) is 2.33. The van der Waals surface area contributed by atoms with Crippen molar-refractivity contribution in [3.05, 3.63) is 70.8 Å². The van der Waals surface area contributed by atoms with Crippen LogP contribution < -0.4 is 15.4 Å². The molecule has 3 rings (SSSR count). The van der Waals surface area contributed by atoms with Crippen molar-refractivity contribution >= 4 is 28.9 Å². The number of halogens is 2. The molecule has 140 valence electrons. The standard InChI is InChI=1S/C20H20ClFN4O/c1-13-24-19(23-10-9-14-5-3-4-6-17(14)22)12-20(25-13)26-15-7-8-18(27-2)16(21)11-15/h3-8,11-12H,9-10H2,1-2H3,(H2,23,24,25,26). The summed E-state index contributed by atoms with van der Waals surface area (Å²) in [6.07, 6.45) is 0.562. The van der Waals surface area contributed by atoms with E-state index in [0.29, 0.717) is 46.8 Å². The Hall–Kier alpha value is -2.86. The Morgan fingerprint density at radius 1 is 1.07 bits per heavy atom. The molecule has 0 saturated heterocycles. The number of hydrogen-bond acceptors (Lipinski definition) is 5. The van der Waals surface area contributed by atoms with Crippen molar-refractivity contribution in [1.82, 2.24) is 9.97 Å². The second-order valence-electron chi connectivity index (χ2n) is 5.93. The van der Waals surface area contributed by atoms with E-state index in [9.17, 15) is 4.39 Å². The number of ether oxygens (including phenoxy) is 1. The van der Waals surface area contributed by atoms with Crippen molar-refractivity contribution < 1.29 is 9.13 Å². The zero-order valence-electron chi connectivity index (χ0n) is 15.1. The Bertz CT molecular complexity index is 936. The lowest BCUT2D eigenvalue weighted by Crippen LogP contribution is -2.09. The van der Waals surface area contributed by atoms with Crippen LogP contribution in [0.25, 0.3) is 0 Å². The minimum atomic E-state index is -0.197. The van der Waals surface area contributed by atoms with Gasteiger partial charge in [-0.3, -0.25) is 0 Å². The number of nitrogens with one attached hydrogen (secondary N) is 2. The molecule has 0 aliphatic rings. The minimum absolute atomic E-state index is 0.197. The maximum Gasteiger partial charge on any atom is 0.137 e. The molecule has 0 saturated carbocycles. The second-order valence-corrected chi connectivity index (χ2v) is 6.34. The molecule has 0 aliphatic heterocycles. The summed E-state index contributed by atoms with van der Waals surface area (Å²) in [4.78, 5) is 8.76. The van der Waals surface area contributed by atoms with Gasteiger partial charge in [-0.25, -0.2) is 14.4 Å². The fourth-order valence-electron chi connectivity index (χ4n) is 2.64. The van der Waals surface area contributed by atoms with Crippen molar-refractivity contribution in [2.45, 2.75) is 13.3 Å². The van der Waals surface area contributed by atoms with E-state index in [2.05, 4.69) is 20.6 Å². The number of anilines is 3. The molecule has 0 amide bonds. The maximum absolute atomic E-state index is 13.7. The average Bonchev–Trinajstić information content (AvgIpc) is 2.63. The van der Waals surface area contributed by atoms with Crippen LogP contribution in [0.1, 0.15) is 11.4 Å². The lowest BCUT2D eigenvalue weighted by atomic mass is 10.1. The van der Waals surface area contributed by atoms with Gasteiger partial charge in [0, 0.05) is 18.3 Å². The Morgan fingerprint density at radius 2 is 1.85 bits per heavy atom. The number of nitrogens with zero attached hydrogens (tertiary/aromatic N) is 2. The van der Waals surface area contributed by atoms with Crippen molar-refractivity contribution in [3.63, 3.8) is 0 Å². The monoisotopic (exact) mass is 386 g/mol. The van der Waals surface area contributed by atoms with Crippen LogP contribution in [0.5, 0.6) is 5.75 Å². The number of hydrogen-bond donors (Lipinski definition) is 2. The molecule has 0 aliphatic carbocycles. The molecule has 27 heavy (non-hydrogen) atoms. The molecule has 7 heteroatoms. The van der Waals surface area contributed by atoms with Crippen LogP contribution in [0, 0.1) is 12.7 Å². The molecule has 2 N–H and O–H groups in total. The van der Waals surface area contributed by atoms with Crippen LogP contribution in [0.3, 0.4) is 0 Å². The van der Waals surface area contributed by atoms with Gasteiger partial charge in [0.1, 0.15) is 29.0 Å². The number of methoxy groups -OCH3 is 1. The summed E-state index contributed by atoms with van der Waals surface area (Å²) < 4.78 is 18.8. The molecular weight excluding hydrogens is 367 g/mol. The van der Waals surface area contributed by atoms with E-state index in [1.54, 1.807) is 37.4 Å². The summed E-state index contributed by atoms with van der Waals surface area (Å²) in [6.45, 7) is 2.37. The third-order valence-corrected chi connectivity index (χ3v) is 4.22. The Labute approximate surface area is 162 Å². The lowest BCUT2D eigenvalue weighted by molar-refractivity contribution is 0.415. The van der Waals surface area contributed by atoms with Gasteiger partial charge < -0.3 is 15.4 Å². The van der Waals surface area contributed by atoms with Crippen molar-refractivity contribution in [2.75, 3.05) is 24.3 Å². The van der Waals surface area contributed by atoms with Crippen LogP contribution in [-0.2, 0) is 6.42 Å². The first-order valence-electron chi connectivity index (χ1n) is 8.48. The smallest absolute Gasteiger partial charge is 0.137 e. The predicted molar refractivity (Wildman–Crippen MR) is 107 cm³/mol. The Balaban J connectivity index is 1.67. The molecule has 0 bridgehead atoms. The van der Waals surface area contributed by atoms with Gasteiger partial charge in [0.05, 0.1) is 12.1 Å². The molecule has 0 radical (unpaired) electrons. The largest absolute Gasteiger partial charge is 0.495 e. The predicted octanol–water partition coefficient (Wildman–Crippen LogP) is 4.98. The molecule has 0 atom stereocenters. The maximum atomic E-state index is 13.7. The topological polar surface area (TPSA) is 59.1 Å². The summed E-state index contributed by atoms with van der Waals surface area (Å²) >= 11 is 6.16. The van der Waals surface area contributed by atoms with Crippen LogP contribution >= 0.6 is 11.6 Å². The van der Waals surface area contributed by atoms with E-state index in [0.717, 1.165) is 5.69 Å². The van der Waals surface area contributed by atoms with E-state index >= 15 is 0 Å². The van der Waals surface area contributed by atoms with Gasteiger partial charge in [0.25, 0.3) is 0 Å². The first-order chi connectivity index (χ1) is 13.0. The van der Waals surface area contributed by atoms with Gasteiger partial charge in [-0.05, 0) is 43.2 Å². The highest BCUT2D eigenvalue weighted by atomic mass is 35.5. The summed E-state index contributed by atoms with van der Waals surface area (Å²) in [6, 6.07) is 14.0. The second kappa shape index (κ2) is 8.68. The van der Waals surface area contributed by atoms with Gasteiger partial charge >= 0.3 is 0 Å². The van der Waals surface area contributed by atoms with Gasteiger partial charge in [0.2, 0.25) is 0 Å². The van der Waals surface area contributed by atoms with E-state index in [1.807, 2.05) is 19.1 Å². The molecule has 0 fully saturated rings. The zero-order valence-corrected chi connectivity index (χ0v) is 15.8. The highest BCUT2D eigenvalue weighted by Gasteiger charge is 2.06. The zero-order chi connectivity index (χ0) is 19.2. The first-order valence-corrected chi connectivity index (χ1v) is 8.86. The number of aromatic nitrogens is 2. The molecule has 1 aromatic heterocycles. The van der Waals surface area contributed by atoms with E-state index in [-0.39, 0.29) is 5.82 Å². The minimum Gasteiger partial charge on any atom is -0.495 e. The van der Waals surface area contributed by atoms with E-state index in [1.165, 1.54) is 6.07 Å². The summed E-state index contributed by atoms with van der Waals surface area (Å²) in [7, 11) is 1.57. The van der Waals surface area contributed by atoms with Gasteiger partial charge in [0.15, 0.2) is 0 Å². The van der Waals surface area contributed by atoms with Gasteiger partial charge in [-0.2, -0.15) is 0 Å². The van der Waals surface area contributed by atoms with Crippen LogP contribution in [-0.4, -0.2) is 23.6 Å². The number of rotatable bonds is 7. The van der Waals surface area contributed by atoms with Gasteiger partial charge in [-0.1, -0.05) is 29.8 Å². The molecule has 2 aromatic carbocycles. The van der Waals surface area contributed by atoms with Crippen molar-refractivity contribution in [3.8, 4) is 5.75 Å². The third kappa shape index (κ3) is 5.08. The Morgan fingerprint density at radius 3 is 2.59 bits per heavy atom. The molecule has 5 nitrogen and oxygen atoms in total. The van der Waals surface area contributed by atoms with Crippen molar-refractivity contribution in [2.24, 2.45) is 0 Å². The Kier molecular flexibility index (Phi) is 6.08. The quantitative estimate of drug-likeness (QED) is 0.599. The lowest BCUT2D eigenvalue weighted by Gasteiger charge is -2.11. The fourth-order valence-corrected chi connectivity index (χ4v) is 2.90. The van der Waals surface area contributed by atoms with E-state index < -0.39 is 0 Å². The van der Waals surface area contributed by atoms with Crippen molar-refractivity contribution in [1.29, 1.82) is 0 Å². The molecule has 3 aromatic rings. The summed E-state index contributed by atoms with van der Waals surface area (Å²) in [5, 5.41) is 6.93. The molecular formula is C20H20ClFN4O. The molecule has 0 unspecified atom stereocenters. The highest BCUT2D eigenvalue weighted by Crippen LogP contribution is 2.28. The SMILES string of the molecule is COc1ccc(Nc2cc(NCCc3ccccc3F)nc(C)n2)cc1Cl. The molecule has 1 heterocycles. The number of aryl methyl sites for hydroxylation is 1. The summed E-state index contributed by atoms with van der Waals surface area (Å²) in [5.41, 5.74) is 1.46. The number of benzene rings is 2. The van der Waals surface area contributed by atoms with Crippen LogP contribution in [0.15, 0.2) is 48.5 Å². The van der Waals surface area contributed by atoms with E-state index in [4.69, 9.17) is 16.3 Å². The first kappa shape index (κ1) is 18.9. The third-order valence-electron chi connectivity index (χ3n) is 3.92. The normalized spacial score (nSPS) is 10.5. The van der Waals surface area contributed by atoms with Gasteiger partial charge in [-0.15, -0.1) is 0 Å². The highest BCUT2D eigenvalue weighted by molar-refractivity contribution is 6.32. The van der Waals surface area contributed by atoms with Crippen LogP contribution in [0.2, 0.25) is 5.02 Å². The average molecular weight is 387 g/mol. The molecule has 0 spiro atoms. The van der Waals surface area contributed by atoms with Crippen LogP contribution in [0.4, 0.5) is 21.7 Å². The fraction of sp³-hybridized carbons (Fsp3) is 0.200.